The van der Waals surface area contributed by atoms with E-state index in [0.29, 0.717) is 28.3 Å². The van der Waals surface area contributed by atoms with Gasteiger partial charge in [0.05, 0.1) is 32.9 Å². The van der Waals surface area contributed by atoms with Crippen LogP contribution in [0.2, 0.25) is 0 Å². The number of hydrogen-bond donors (Lipinski definition) is 2. The van der Waals surface area contributed by atoms with Gasteiger partial charge in [-0.05, 0) is 18.1 Å². The molecule has 1 atom stereocenters. The summed E-state index contributed by atoms with van der Waals surface area (Å²) in [5, 5.41) is 5.48. The molecule has 25 heavy (non-hydrogen) atoms. The first-order valence-corrected chi connectivity index (χ1v) is 8.44. The van der Waals surface area contributed by atoms with E-state index in [-0.39, 0.29) is 5.92 Å². The number of allylic oxidation sites excluding steroid dienone is 1. The summed E-state index contributed by atoms with van der Waals surface area (Å²) >= 11 is 3.42. The minimum atomic E-state index is -0.736. The van der Waals surface area contributed by atoms with Crippen molar-refractivity contribution in [2.24, 2.45) is 5.92 Å². The zero-order valence-electron chi connectivity index (χ0n) is 14.7. The second-order valence-electron chi connectivity index (χ2n) is 5.74. The molecule has 0 bridgehead atoms. The maximum absolute atomic E-state index is 12.5. The monoisotopic (exact) mass is 412 g/mol. The average molecular weight is 413 g/mol. The summed E-state index contributed by atoms with van der Waals surface area (Å²) in [6.07, 6.45) is 0. The molecule has 1 aromatic rings. The van der Waals surface area contributed by atoms with E-state index < -0.39 is 18.0 Å². The molecule has 1 aromatic carbocycles. The van der Waals surface area contributed by atoms with Gasteiger partial charge in [-0.15, -0.1) is 0 Å². The van der Waals surface area contributed by atoms with Crippen molar-refractivity contribution in [2.45, 2.75) is 19.9 Å². The van der Waals surface area contributed by atoms with E-state index in [1.165, 1.54) is 21.3 Å². The number of nitrogens with one attached hydrogen (secondary N) is 2. The molecule has 0 saturated carbocycles. The van der Waals surface area contributed by atoms with Crippen LogP contribution in [0.3, 0.4) is 0 Å². The molecule has 1 aliphatic rings. The average Bonchev–Trinajstić information content (AvgIpc) is 2.59. The molecule has 0 spiro atoms. The van der Waals surface area contributed by atoms with Crippen LogP contribution >= 0.6 is 15.9 Å². The molecule has 0 fully saturated rings. The van der Waals surface area contributed by atoms with E-state index in [2.05, 4.69) is 26.6 Å². The van der Waals surface area contributed by atoms with E-state index in [4.69, 9.17) is 14.2 Å². The first kappa shape index (κ1) is 19.1. The SMILES string of the molecule is COC(=O)C1=C(C(C)C)NC(=O)NC1c1cc(Br)cc(OC)c1OC. The molecule has 0 radical (unpaired) electrons. The Morgan fingerprint density at radius 2 is 1.88 bits per heavy atom. The number of ether oxygens (including phenoxy) is 3. The van der Waals surface area contributed by atoms with Gasteiger partial charge in [-0.2, -0.15) is 0 Å². The Bertz CT molecular complexity index is 730. The van der Waals surface area contributed by atoms with Gasteiger partial charge in [-0.25, -0.2) is 9.59 Å². The topological polar surface area (TPSA) is 85.9 Å². The molecule has 136 valence electrons. The normalized spacial score (nSPS) is 17.1. The van der Waals surface area contributed by atoms with Gasteiger partial charge in [-0.1, -0.05) is 29.8 Å². The van der Waals surface area contributed by atoms with E-state index >= 15 is 0 Å². The number of esters is 1. The standard InChI is InChI=1S/C17H21BrN2O5/c1-8(2)13-12(16(21)25-5)14(20-17(22)19-13)10-6-9(18)7-11(23-3)15(10)24-4/h6-8,14H,1-5H3,(H2,19,20,22). The van der Waals surface area contributed by atoms with Crippen molar-refractivity contribution < 1.29 is 23.8 Å². The summed E-state index contributed by atoms with van der Waals surface area (Å²) in [6, 6.07) is 2.39. The highest BCUT2D eigenvalue weighted by Gasteiger charge is 2.36. The Kier molecular flexibility index (Phi) is 5.94. The highest BCUT2D eigenvalue weighted by molar-refractivity contribution is 9.10. The predicted molar refractivity (Wildman–Crippen MR) is 95.5 cm³/mol. The lowest BCUT2D eigenvalue weighted by atomic mass is 9.91. The number of urea groups is 1. The second-order valence-corrected chi connectivity index (χ2v) is 6.65. The summed E-state index contributed by atoms with van der Waals surface area (Å²) in [4.78, 5) is 24.6. The van der Waals surface area contributed by atoms with E-state index in [1.54, 1.807) is 12.1 Å². The van der Waals surface area contributed by atoms with Gasteiger partial charge in [0.1, 0.15) is 0 Å². The van der Waals surface area contributed by atoms with Gasteiger partial charge in [0.25, 0.3) is 0 Å². The van der Waals surface area contributed by atoms with Crippen LogP contribution in [0.15, 0.2) is 27.9 Å². The molecule has 2 amide bonds. The van der Waals surface area contributed by atoms with Gasteiger partial charge >= 0.3 is 12.0 Å². The zero-order valence-corrected chi connectivity index (χ0v) is 16.3. The van der Waals surface area contributed by atoms with Crippen LogP contribution in [0.4, 0.5) is 4.79 Å². The van der Waals surface area contributed by atoms with Crippen molar-refractivity contribution in [1.82, 2.24) is 10.6 Å². The Labute approximate surface area is 154 Å². The van der Waals surface area contributed by atoms with Crippen LogP contribution < -0.4 is 20.1 Å². The third kappa shape index (κ3) is 3.73. The highest BCUT2D eigenvalue weighted by atomic mass is 79.9. The minimum Gasteiger partial charge on any atom is -0.493 e. The number of hydrogen-bond acceptors (Lipinski definition) is 5. The third-order valence-electron chi connectivity index (χ3n) is 3.87. The van der Waals surface area contributed by atoms with Crippen LogP contribution in [0, 0.1) is 5.92 Å². The second kappa shape index (κ2) is 7.77. The molecule has 1 heterocycles. The molecule has 1 aliphatic heterocycles. The molecule has 2 N–H and O–H groups in total. The fraction of sp³-hybridized carbons (Fsp3) is 0.412. The number of rotatable bonds is 5. The van der Waals surface area contributed by atoms with Crippen LogP contribution in [-0.2, 0) is 9.53 Å². The van der Waals surface area contributed by atoms with Gasteiger partial charge in [0.2, 0.25) is 0 Å². The maximum Gasteiger partial charge on any atom is 0.337 e. The van der Waals surface area contributed by atoms with Crippen LogP contribution in [0.1, 0.15) is 25.5 Å². The van der Waals surface area contributed by atoms with Crippen molar-refractivity contribution in [3.8, 4) is 11.5 Å². The number of carbonyl (C=O) groups excluding carboxylic acids is 2. The summed E-state index contributed by atoms with van der Waals surface area (Å²) in [7, 11) is 4.33. The predicted octanol–water partition coefficient (Wildman–Crippen LogP) is 2.90. The fourth-order valence-corrected chi connectivity index (χ4v) is 3.24. The summed E-state index contributed by atoms with van der Waals surface area (Å²) in [5.41, 5.74) is 1.43. The van der Waals surface area contributed by atoms with E-state index in [0.717, 1.165) is 4.47 Å². The fourth-order valence-electron chi connectivity index (χ4n) is 2.78. The zero-order chi connectivity index (χ0) is 18.7. The van der Waals surface area contributed by atoms with Crippen molar-refractivity contribution in [1.29, 1.82) is 0 Å². The summed E-state index contributed by atoms with van der Waals surface area (Å²) in [6.45, 7) is 3.78. The number of amides is 2. The van der Waals surface area contributed by atoms with Gasteiger partial charge in [-0.3, -0.25) is 0 Å². The lowest BCUT2D eigenvalue weighted by Gasteiger charge is -2.31. The first-order valence-electron chi connectivity index (χ1n) is 7.65. The van der Waals surface area contributed by atoms with Gasteiger partial charge in [0.15, 0.2) is 11.5 Å². The molecular weight excluding hydrogens is 392 g/mol. The third-order valence-corrected chi connectivity index (χ3v) is 4.33. The largest absolute Gasteiger partial charge is 0.493 e. The lowest BCUT2D eigenvalue weighted by Crippen LogP contribution is -2.47. The van der Waals surface area contributed by atoms with Crippen molar-refractivity contribution in [3.05, 3.63) is 33.4 Å². The number of benzene rings is 1. The Balaban J connectivity index is 2.74. The Morgan fingerprint density at radius 1 is 1.20 bits per heavy atom. The van der Waals surface area contributed by atoms with Crippen molar-refractivity contribution in [2.75, 3.05) is 21.3 Å². The molecule has 0 saturated heterocycles. The molecule has 1 unspecified atom stereocenters. The molecule has 0 aliphatic carbocycles. The molecule has 2 rings (SSSR count). The number of carbonyl (C=O) groups is 2. The Hall–Kier alpha value is -2.22. The van der Waals surface area contributed by atoms with Gasteiger partial charge in [0, 0.05) is 15.7 Å². The Morgan fingerprint density at radius 3 is 2.40 bits per heavy atom. The lowest BCUT2D eigenvalue weighted by molar-refractivity contribution is -0.136. The van der Waals surface area contributed by atoms with E-state index in [1.807, 2.05) is 13.8 Å². The van der Waals surface area contributed by atoms with Crippen molar-refractivity contribution in [3.63, 3.8) is 0 Å². The van der Waals surface area contributed by atoms with Gasteiger partial charge < -0.3 is 24.8 Å². The van der Waals surface area contributed by atoms with Crippen LogP contribution in [0.5, 0.6) is 11.5 Å². The quantitative estimate of drug-likeness (QED) is 0.726. The molecule has 8 heteroatoms. The number of methoxy groups -OCH3 is 3. The summed E-state index contributed by atoms with van der Waals surface area (Å²) < 4.78 is 16.5. The van der Waals surface area contributed by atoms with E-state index in [9.17, 15) is 9.59 Å². The number of halogens is 1. The molecular formula is C17H21BrN2O5. The summed E-state index contributed by atoms with van der Waals surface area (Å²) in [5.74, 6) is 0.308. The van der Waals surface area contributed by atoms with Crippen LogP contribution in [0.25, 0.3) is 0 Å². The molecule has 0 aromatic heterocycles. The first-order chi connectivity index (χ1) is 11.8. The highest BCUT2D eigenvalue weighted by Crippen LogP contribution is 2.42. The van der Waals surface area contributed by atoms with Crippen LogP contribution in [-0.4, -0.2) is 33.3 Å². The molecule has 7 nitrogen and oxygen atoms in total. The van der Waals surface area contributed by atoms with Crippen molar-refractivity contribution >= 4 is 27.9 Å². The smallest absolute Gasteiger partial charge is 0.337 e. The minimum absolute atomic E-state index is 0.0808. The maximum atomic E-state index is 12.5.